The van der Waals surface area contributed by atoms with Gasteiger partial charge in [0.25, 0.3) is 0 Å². The van der Waals surface area contributed by atoms with Crippen molar-refractivity contribution in [2.24, 2.45) is 0 Å². The number of carbonyl (C=O) groups excluding carboxylic acids is 1. The zero-order chi connectivity index (χ0) is 22.3. The molecule has 0 N–H and O–H groups in total. The maximum absolute atomic E-state index is 12.3. The van der Waals surface area contributed by atoms with Crippen LogP contribution in [0.25, 0.3) is 27.2 Å². The van der Waals surface area contributed by atoms with Gasteiger partial charge in [0.2, 0.25) is 5.88 Å². The van der Waals surface area contributed by atoms with Crippen LogP contribution in [0.4, 0.5) is 0 Å². The van der Waals surface area contributed by atoms with Crippen molar-refractivity contribution in [3.05, 3.63) is 40.8 Å². The second-order valence-electron chi connectivity index (χ2n) is 7.47. The van der Waals surface area contributed by atoms with Crippen molar-refractivity contribution >= 4 is 22.8 Å². The van der Waals surface area contributed by atoms with Crippen LogP contribution in [0.1, 0.15) is 47.9 Å². The van der Waals surface area contributed by atoms with Gasteiger partial charge in [0.1, 0.15) is 5.01 Å². The van der Waals surface area contributed by atoms with E-state index in [1.54, 1.807) is 6.92 Å². The topological polar surface area (TPSA) is 83.5 Å². The van der Waals surface area contributed by atoms with Crippen molar-refractivity contribution in [1.82, 2.24) is 24.4 Å². The largest absolute Gasteiger partial charge is 0.480 e. The first-order valence-electron chi connectivity index (χ1n) is 10.1. The third-order valence-electron chi connectivity index (χ3n) is 5.10. The second kappa shape index (κ2) is 8.14. The van der Waals surface area contributed by atoms with Crippen LogP contribution in [-0.2, 0) is 4.74 Å². The van der Waals surface area contributed by atoms with Gasteiger partial charge in [0.15, 0.2) is 4.88 Å². The maximum atomic E-state index is 12.3. The quantitative estimate of drug-likeness (QED) is 0.405. The average molecular weight is 440 g/mol. The minimum Gasteiger partial charge on any atom is -0.480 e. The summed E-state index contributed by atoms with van der Waals surface area (Å²) in [7, 11) is 1.50. The summed E-state index contributed by atoms with van der Waals surface area (Å²) < 4.78 is 14.3. The number of carbonyl (C=O) groups is 1. The number of hydrogen-bond donors (Lipinski definition) is 0. The Morgan fingerprint density at radius 2 is 2.06 bits per heavy atom. The smallest absolute Gasteiger partial charge is 0.354 e. The van der Waals surface area contributed by atoms with E-state index in [2.05, 4.69) is 30.9 Å². The molecule has 4 heterocycles. The third-order valence-corrected chi connectivity index (χ3v) is 6.17. The first-order valence-corrected chi connectivity index (χ1v) is 10.9. The molecule has 4 rings (SSSR count). The highest BCUT2D eigenvalue weighted by atomic mass is 32.1. The summed E-state index contributed by atoms with van der Waals surface area (Å²) in [6, 6.07) is 4.23. The number of ether oxygens (including phenoxy) is 2. The average Bonchev–Trinajstić information content (AvgIpc) is 3.43. The van der Waals surface area contributed by atoms with E-state index in [0.717, 1.165) is 33.6 Å². The molecule has 4 aromatic rings. The van der Waals surface area contributed by atoms with Gasteiger partial charge < -0.3 is 9.47 Å². The van der Waals surface area contributed by atoms with Gasteiger partial charge in [-0.1, -0.05) is 0 Å². The van der Waals surface area contributed by atoms with E-state index >= 15 is 0 Å². The molecule has 0 saturated carbocycles. The zero-order valence-corrected chi connectivity index (χ0v) is 19.3. The summed E-state index contributed by atoms with van der Waals surface area (Å²) in [5, 5.41) is 9.92. The predicted octanol–water partition coefficient (Wildman–Crippen LogP) is 4.70. The number of methoxy groups -OCH3 is 1. The lowest BCUT2D eigenvalue weighted by Gasteiger charge is -2.08. The molecule has 0 aliphatic carbocycles. The van der Waals surface area contributed by atoms with Crippen LogP contribution in [0.3, 0.4) is 0 Å². The lowest BCUT2D eigenvalue weighted by Crippen LogP contribution is -2.04. The summed E-state index contributed by atoms with van der Waals surface area (Å²) in [5.74, 6) is -0.154. The SMILES string of the molecule is CCOC(=O)c1sc(-c2ccn3ncc(-c4c(C)nn(C(C)C)c4C)c3c2)nc1OC. The highest BCUT2D eigenvalue weighted by molar-refractivity contribution is 7.17. The number of aromatic nitrogens is 5. The van der Waals surface area contributed by atoms with E-state index in [-0.39, 0.29) is 11.9 Å². The van der Waals surface area contributed by atoms with Crippen LogP contribution in [0.5, 0.6) is 5.88 Å². The van der Waals surface area contributed by atoms with Crippen molar-refractivity contribution < 1.29 is 14.3 Å². The van der Waals surface area contributed by atoms with Gasteiger partial charge in [-0.2, -0.15) is 10.2 Å². The molecule has 8 nitrogen and oxygen atoms in total. The van der Waals surface area contributed by atoms with Gasteiger partial charge in [-0.3, -0.25) is 4.68 Å². The van der Waals surface area contributed by atoms with E-state index in [1.807, 2.05) is 40.6 Å². The number of nitrogens with zero attached hydrogens (tertiary/aromatic N) is 5. The van der Waals surface area contributed by atoms with Crippen molar-refractivity contribution in [3.8, 4) is 27.6 Å². The summed E-state index contributed by atoms with van der Waals surface area (Å²) in [6.07, 6.45) is 3.76. The third kappa shape index (κ3) is 3.59. The number of hydrogen-bond acceptors (Lipinski definition) is 7. The fourth-order valence-electron chi connectivity index (χ4n) is 3.76. The number of aryl methyl sites for hydroxylation is 1. The molecule has 0 unspecified atom stereocenters. The van der Waals surface area contributed by atoms with Crippen molar-refractivity contribution in [3.63, 3.8) is 0 Å². The van der Waals surface area contributed by atoms with Crippen molar-refractivity contribution in [1.29, 1.82) is 0 Å². The molecule has 0 aromatic carbocycles. The minimum atomic E-state index is -0.429. The molecule has 0 saturated heterocycles. The minimum absolute atomic E-state index is 0.272. The molecular weight excluding hydrogens is 414 g/mol. The summed E-state index contributed by atoms with van der Waals surface area (Å²) in [5.41, 5.74) is 5.99. The van der Waals surface area contributed by atoms with Crippen LogP contribution in [0, 0.1) is 13.8 Å². The van der Waals surface area contributed by atoms with E-state index in [9.17, 15) is 4.79 Å². The predicted molar refractivity (Wildman–Crippen MR) is 120 cm³/mol. The maximum Gasteiger partial charge on any atom is 0.354 e. The van der Waals surface area contributed by atoms with E-state index in [1.165, 1.54) is 18.4 Å². The summed E-state index contributed by atoms with van der Waals surface area (Å²) in [6.45, 7) is 10.4. The van der Waals surface area contributed by atoms with Crippen molar-refractivity contribution in [2.75, 3.05) is 13.7 Å². The Labute approximate surface area is 184 Å². The molecule has 4 aromatic heterocycles. The molecule has 0 aliphatic heterocycles. The van der Waals surface area contributed by atoms with Crippen LogP contribution in [0.15, 0.2) is 24.5 Å². The molecule has 162 valence electrons. The molecule has 0 aliphatic rings. The Bertz CT molecular complexity index is 1270. The molecule has 31 heavy (non-hydrogen) atoms. The van der Waals surface area contributed by atoms with Gasteiger partial charge in [0, 0.05) is 34.6 Å². The first kappa shape index (κ1) is 21.0. The second-order valence-corrected chi connectivity index (χ2v) is 8.46. The Morgan fingerprint density at radius 3 is 2.71 bits per heavy atom. The molecule has 0 radical (unpaired) electrons. The van der Waals surface area contributed by atoms with Crippen LogP contribution in [0.2, 0.25) is 0 Å². The number of esters is 1. The first-order chi connectivity index (χ1) is 14.8. The van der Waals surface area contributed by atoms with Gasteiger partial charge in [-0.15, -0.1) is 11.3 Å². The normalized spacial score (nSPS) is 11.5. The molecule has 0 amide bonds. The monoisotopic (exact) mass is 439 g/mol. The van der Waals surface area contributed by atoms with E-state index < -0.39 is 5.97 Å². The van der Waals surface area contributed by atoms with Crippen LogP contribution in [-0.4, -0.2) is 44.1 Å². The number of rotatable bonds is 6. The molecule has 0 spiro atoms. The molecule has 9 heteroatoms. The number of fused-ring (bicyclic) bond motifs is 1. The Hall–Kier alpha value is -3.20. The van der Waals surface area contributed by atoms with Crippen molar-refractivity contribution in [2.45, 2.75) is 40.7 Å². The van der Waals surface area contributed by atoms with Gasteiger partial charge in [-0.25, -0.2) is 14.3 Å². The number of pyridine rings is 1. The lowest BCUT2D eigenvalue weighted by molar-refractivity contribution is 0.0528. The zero-order valence-electron chi connectivity index (χ0n) is 18.5. The van der Waals surface area contributed by atoms with E-state index in [4.69, 9.17) is 14.6 Å². The van der Waals surface area contributed by atoms with Crippen LogP contribution < -0.4 is 4.74 Å². The Balaban J connectivity index is 1.83. The van der Waals surface area contributed by atoms with Crippen LogP contribution >= 0.6 is 11.3 Å². The molecular formula is C22H25N5O3S. The standard InChI is InChI=1S/C22H25N5O3S/c1-7-30-22(28)19-20(29-6)24-21(31-19)15-8-9-26-17(10-15)16(11-23-26)18-13(4)25-27(12(2)3)14(18)5/h8-12H,7H2,1-6H3. The highest BCUT2D eigenvalue weighted by Gasteiger charge is 2.22. The molecule has 0 fully saturated rings. The number of thiazole rings is 1. The lowest BCUT2D eigenvalue weighted by atomic mass is 10.0. The fraction of sp³-hybridized carbons (Fsp3) is 0.364. The molecule has 0 atom stereocenters. The van der Waals surface area contributed by atoms with Gasteiger partial charge in [0.05, 0.1) is 31.1 Å². The van der Waals surface area contributed by atoms with Gasteiger partial charge >= 0.3 is 5.97 Å². The summed E-state index contributed by atoms with van der Waals surface area (Å²) >= 11 is 1.26. The Kier molecular flexibility index (Phi) is 5.53. The fourth-order valence-corrected chi connectivity index (χ4v) is 4.68. The highest BCUT2D eigenvalue weighted by Crippen LogP contribution is 2.36. The van der Waals surface area contributed by atoms with E-state index in [0.29, 0.717) is 16.5 Å². The summed E-state index contributed by atoms with van der Waals surface area (Å²) in [4.78, 5) is 17.1. The Morgan fingerprint density at radius 1 is 1.29 bits per heavy atom. The van der Waals surface area contributed by atoms with Gasteiger partial charge in [-0.05, 0) is 46.8 Å². The molecule has 0 bridgehead atoms.